The van der Waals surface area contributed by atoms with Crippen LogP contribution in [0.2, 0.25) is 0 Å². The lowest BCUT2D eigenvalue weighted by molar-refractivity contribution is 0.0792. The second-order valence-corrected chi connectivity index (χ2v) is 7.74. The number of carbonyl (C=O) groups is 1. The first-order chi connectivity index (χ1) is 12.5. The zero-order chi connectivity index (χ0) is 18.6. The second kappa shape index (κ2) is 7.78. The molecule has 2 aromatic rings. The van der Waals surface area contributed by atoms with Gasteiger partial charge in [0.2, 0.25) is 0 Å². The molecule has 0 radical (unpaired) electrons. The molecule has 138 valence electrons. The third-order valence-corrected chi connectivity index (χ3v) is 5.58. The molecular weight excluding hydrogens is 352 g/mol. The van der Waals surface area contributed by atoms with Crippen LogP contribution in [0.5, 0.6) is 5.75 Å². The van der Waals surface area contributed by atoms with Gasteiger partial charge in [0.05, 0.1) is 17.2 Å². The summed E-state index contributed by atoms with van der Waals surface area (Å²) in [6, 6.07) is 13.0. The predicted octanol–water partition coefficient (Wildman–Crippen LogP) is 3.12. The summed E-state index contributed by atoms with van der Waals surface area (Å²) in [6.07, 6.45) is 1.97. The van der Waals surface area contributed by atoms with Crippen molar-refractivity contribution < 1.29 is 17.9 Å². The minimum Gasteiger partial charge on any atom is -0.492 e. The van der Waals surface area contributed by atoms with Gasteiger partial charge in [-0.3, -0.25) is 9.52 Å². The molecule has 1 fully saturated rings. The number of rotatable bonds is 6. The fourth-order valence-corrected chi connectivity index (χ4v) is 4.05. The Bertz CT molecular complexity index is 890. The summed E-state index contributed by atoms with van der Waals surface area (Å²) in [4.78, 5) is 14.3. The first-order valence-electron chi connectivity index (χ1n) is 8.65. The summed E-state index contributed by atoms with van der Waals surface area (Å²) >= 11 is 0. The molecule has 6 nitrogen and oxygen atoms in total. The Balaban J connectivity index is 1.86. The van der Waals surface area contributed by atoms with Crippen molar-refractivity contribution in [2.24, 2.45) is 0 Å². The number of amides is 1. The summed E-state index contributed by atoms with van der Waals surface area (Å²) in [7, 11) is -3.83. The van der Waals surface area contributed by atoms with Crippen molar-refractivity contribution in [2.75, 3.05) is 24.4 Å². The number of nitrogens with zero attached hydrogens (tertiary/aromatic N) is 1. The van der Waals surface area contributed by atoms with E-state index >= 15 is 0 Å². The first kappa shape index (κ1) is 18.3. The number of hydrogen-bond donors (Lipinski definition) is 1. The van der Waals surface area contributed by atoms with Gasteiger partial charge in [-0.1, -0.05) is 18.2 Å². The first-order valence-corrected chi connectivity index (χ1v) is 10.1. The molecule has 3 rings (SSSR count). The van der Waals surface area contributed by atoms with E-state index in [4.69, 9.17) is 4.74 Å². The molecule has 1 aliphatic rings. The number of likely N-dealkylation sites (tertiary alicyclic amines) is 1. The van der Waals surface area contributed by atoms with E-state index in [0.717, 1.165) is 25.9 Å². The number of nitrogens with one attached hydrogen (secondary N) is 1. The molecule has 1 heterocycles. The van der Waals surface area contributed by atoms with Gasteiger partial charge in [-0.2, -0.15) is 0 Å². The molecule has 0 aromatic heterocycles. The van der Waals surface area contributed by atoms with Crippen LogP contribution in [0.3, 0.4) is 0 Å². The third-order valence-electron chi connectivity index (χ3n) is 4.22. The van der Waals surface area contributed by atoms with E-state index in [1.807, 2.05) is 6.92 Å². The number of sulfonamides is 1. The Labute approximate surface area is 153 Å². The Morgan fingerprint density at radius 2 is 1.85 bits per heavy atom. The Hall–Kier alpha value is -2.54. The fraction of sp³-hybridized carbons (Fsp3) is 0.316. The van der Waals surface area contributed by atoms with Gasteiger partial charge in [0.1, 0.15) is 5.75 Å². The zero-order valence-corrected chi connectivity index (χ0v) is 15.5. The highest BCUT2D eigenvalue weighted by atomic mass is 32.2. The molecule has 0 spiro atoms. The fourth-order valence-electron chi connectivity index (χ4n) is 2.94. The minimum atomic E-state index is -3.83. The standard InChI is InChI=1S/C19H22N2O4S/c1-2-25-18-11-4-3-10-17(18)20-26(23,24)16-9-7-8-15(14-16)19(22)21-12-5-6-13-21/h3-4,7-11,14,20H,2,5-6,12-13H2,1H3. The maximum atomic E-state index is 12.8. The molecule has 0 saturated carbocycles. The van der Waals surface area contributed by atoms with Crippen LogP contribution in [0.1, 0.15) is 30.1 Å². The number of benzene rings is 2. The van der Waals surface area contributed by atoms with Crippen molar-refractivity contribution in [3.63, 3.8) is 0 Å². The summed E-state index contributed by atoms with van der Waals surface area (Å²) in [6.45, 7) is 3.70. The molecule has 0 aliphatic carbocycles. The lowest BCUT2D eigenvalue weighted by atomic mass is 10.2. The Kier molecular flexibility index (Phi) is 5.46. The largest absolute Gasteiger partial charge is 0.492 e. The van der Waals surface area contributed by atoms with Gasteiger partial charge in [0, 0.05) is 18.7 Å². The lowest BCUT2D eigenvalue weighted by Gasteiger charge is -2.16. The molecule has 0 bridgehead atoms. The lowest BCUT2D eigenvalue weighted by Crippen LogP contribution is -2.27. The van der Waals surface area contributed by atoms with Gasteiger partial charge in [-0.25, -0.2) is 8.42 Å². The van der Waals surface area contributed by atoms with Gasteiger partial charge in [0.15, 0.2) is 0 Å². The average Bonchev–Trinajstić information content (AvgIpc) is 3.17. The van der Waals surface area contributed by atoms with Crippen molar-refractivity contribution in [3.8, 4) is 5.75 Å². The molecule has 1 aliphatic heterocycles. The highest BCUT2D eigenvalue weighted by Gasteiger charge is 2.22. The molecule has 7 heteroatoms. The van der Waals surface area contributed by atoms with Crippen molar-refractivity contribution in [1.82, 2.24) is 4.90 Å². The predicted molar refractivity (Wildman–Crippen MR) is 100.0 cm³/mol. The maximum absolute atomic E-state index is 12.8. The minimum absolute atomic E-state index is 0.0499. The van der Waals surface area contributed by atoms with Crippen LogP contribution in [-0.4, -0.2) is 38.9 Å². The monoisotopic (exact) mass is 374 g/mol. The van der Waals surface area contributed by atoms with Crippen molar-refractivity contribution in [2.45, 2.75) is 24.7 Å². The van der Waals surface area contributed by atoms with Crippen molar-refractivity contribution >= 4 is 21.6 Å². The van der Waals surface area contributed by atoms with Gasteiger partial charge in [-0.05, 0) is 50.1 Å². The van der Waals surface area contributed by atoms with E-state index in [-0.39, 0.29) is 10.8 Å². The number of ether oxygens (including phenoxy) is 1. The highest BCUT2D eigenvalue weighted by Crippen LogP contribution is 2.27. The van der Waals surface area contributed by atoms with E-state index < -0.39 is 10.0 Å². The van der Waals surface area contributed by atoms with Gasteiger partial charge < -0.3 is 9.64 Å². The molecular formula is C19H22N2O4S. The molecule has 1 amide bonds. The van der Waals surface area contributed by atoms with E-state index in [1.54, 1.807) is 41.3 Å². The normalized spacial score (nSPS) is 14.3. The highest BCUT2D eigenvalue weighted by molar-refractivity contribution is 7.92. The number of hydrogen-bond acceptors (Lipinski definition) is 4. The summed E-state index contributed by atoms with van der Waals surface area (Å²) in [5, 5.41) is 0. The van der Waals surface area contributed by atoms with E-state index in [0.29, 0.717) is 23.6 Å². The van der Waals surface area contributed by atoms with Crippen molar-refractivity contribution in [3.05, 3.63) is 54.1 Å². The molecule has 0 atom stereocenters. The van der Waals surface area contributed by atoms with Gasteiger partial charge in [0.25, 0.3) is 15.9 Å². The van der Waals surface area contributed by atoms with Crippen LogP contribution in [0.4, 0.5) is 5.69 Å². The molecule has 0 unspecified atom stereocenters. The maximum Gasteiger partial charge on any atom is 0.262 e. The van der Waals surface area contributed by atoms with Gasteiger partial charge in [-0.15, -0.1) is 0 Å². The third kappa shape index (κ3) is 3.99. The zero-order valence-electron chi connectivity index (χ0n) is 14.6. The van der Waals surface area contributed by atoms with E-state index in [9.17, 15) is 13.2 Å². The number of anilines is 1. The molecule has 1 saturated heterocycles. The summed E-state index contributed by atoms with van der Waals surface area (Å²) in [5.41, 5.74) is 0.749. The van der Waals surface area contributed by atoms with Crippen molar-refractivity contribution in [1.29, 1.82) is 0 Å². The number of para-hydroxylation sites is 2. The Morgan fingerprint density at radius 3 is 2.58 bits per heavy atom. The van der Waals surface area contributed by atoms with E-state index in [1.165, 1.54) is 12.1 Å². The van der Waals surface area contributed by atoms with Crippen LogP contribution < -0.4 is 9.46 Å². The van der Waals surface area contributed by atoms with Crippen LogP contribution in [0.15, 0.2) is 53.4 Å². The van der Waals surface area contributed by atoms with E-state index in [2.05, 4.69) is 4.72 Å². The average molecular weight is 374 g/mol. The van der Waals surface area contributed by atoms with Crippen LogP contribution in [-0.2, 0) is 10.0 Å². The topological polar surface area (TPSA) is 75.7 Å². The molecule has 26 heavy (non-hydrogen) atoms. The van der Waals surface area contributed by atoms with Crippen LogP contribution in [0.25, 0.3) is 0 Å². The summed E-state index contributed by atoms with van der Waals surface area (Å²) in [5.74, 6) is 0.331. The SMILES string of the molecule is CCOc1ccccc1NS(=O)(=O)c1cccc(C(=O)N2CCCC2)c1. The number of carbonyl (C=O) groups excluding carboxylic acids is 1. The van der Waals surface area contributed by atoms with Gasteiger partial charge >= 0.3 is 0 Å². The van der Waals surface area contributed by atoms with Crippen LogP contribution >= 0.6 is 0 Å². The molecule has 2 aromatic carbocycles. The Morgan fingerprint density at radius 1 is 1.12 bits per heavy atom. The quantitative estimate of drug-likeness (QED) is 0.843. The summed E-state index contributed by atoms with van der Waals surface area (Å²) < 4.78 is 33.5. The molecule has 1 N–H and O–H groups in total. The smallest absolute Gasteiger partial charge is 0.262 e. The van der Waals surface area contributed by atoms with Crippen LogP contribution in [0, 0.1) is 0 Å². The second-order valence-electron chi connectivity index (χ2n) is 6.06.